The third-order valence-electron chi connectivity index (χ3n) is 4.21. The molecule has 1 heterocycles. The Morgan fingerprint density at radius 1 is 0.968 bits per heavy atom. The molecular formula is C22H13ClFN5O2. The first-order chi connectivity index (χ1) is 15.0. The molecule has 0 aliphatic rings. The van der Waals surface area contributed by atoms with Crippen molar-refractivity contribution in [3.05, 3.63) is 83.4 Å². The predicted octanol–water partition coefficient (Wildman–Crippen LogP) is 5.73. The maximum absolute atomic E-state index is 14.2. The minimum atomic E-state index is -0.593. The number of hydrogen-bond acceptors (Lipinski definition) is 5. The van der Waals surface area contributed by atoms with Crippen molar-refractivity contribution in [2.45, 2.75) is 0 Å². The van der Waals surface area contributed by atoms with Gasteiger partial charge in [-0.3, -0.25) is 9.97 Å². The van der Waals surface area contributed by atoms with Gasteiger partial charge in [0.1, 0.15) is 11.8 Å². The fraction of sp³-hybridized carbons (Fsp3) is 0. The molecule has 0 spiro atoms. The molecular weight excluding hydrogens is 421 g/mol. The van der Waals surface area contributed by atoms with Crippen LogP contribution in [0.1, 0.15) is 5.56 Å². The summed E-state index contributed by atoms with van der Waals surface area (Å²) < 4.78 is 19.9. The zero-order chi connectivity index (χ0) is 21.8. The molecule has 0 unspecified atom stereocenters. The first kappa shape index (κ1) is 20.1. The molecule has 0 atom stereocenters. The Morgan fingerprint density at radius 2 is 1.68 bits per heavy atom. The zero-order valence-electron chi connectivity index (χ0n) is 15.8. The minimum absolute atomic E-state index is 0.0672. The Balaban J connectivity index is 1.48. The molecule has 7 nitrogen and oxygen atoms in total. The van der Waals surface area contributed by atoms with Crippen LogP contribution in [0, 0.1) is 17.1 Å². The second-order valence-electron chi connectivity index (χ2n) is 6.34. The van der Waals surface area contributed by atoms with Gasteiger partial charge in [0.15, 0.2) is 11.6 Å². The second kappa shape index (κ2) is 8.65. The Kier molecular flexibility index (Phi) is 5.60. The predicted molar refractivity (Wildman–Crippen MR) is 115 cm³/mol. The van der Waals surface area contributed by atoms with E-state index in [4.69, 9.17) is 21.6 Å². The number of ether oxygens (including phenoxy) is 1. The third kappa shape index (κ3) is 4.69. The number of fused-ring (bicyclic) bond motifs is 1. The first-order valence-electron chi connectivity index (χ1n) is 8.97. The highest BCUT2D eigenvalue weighted by atomic mass is 35.5. The van der Waals surface area contributed by atoms with Gasteiger partial charge in [0.25, 0.3) is 0 Å². The van der Waals surface area contributed by atoms with Crippen LogP contribution in [0.25, 0.3) is 11.0 Å². The van der Waals surface area contributed by atoms with Gasteiger partial charge in [0.05, 0.1) is 21.6 Å². The van der Waals surface area contributed by atoms with Crippen molar-refractivity contribution in [2.75, 3.05) is 10.6 Å². The number of nitrogens with one attached hydrogen (secondary N) is 2. The topological polar surface area (TPSA) is 99.9 Å². The van der Waals surface area contributed by atoms with Gasteiger partial charge in [-0.25, -0.2) is 9.18 Å². The molecule has 0 fully saturated rings. The summed E-state index contributed by atoms with van der Waals surface area (Å²) in [5.74, 6) is -0.285. The highest BCUT2D eigenvalue weighted by Gasteiger charge is 2.10. The van der Waals surface area contributed by atoms with Gasteiger partial charge in [0, 0.05) is 35.9 Å². The lowest BCUT2D eigenvalue weighted by Gasteiger charge is -2.11. The summed E-state index contributed by atoms with van der Waals surface area (Å²) in [6.45, 7) is 0. The third-order valence-corrected chi connectivity index (χ3v) is 4.52. The molecule has 4 aromatic rings. The SMILES string of the molecule is N#Cc1ccc(NC(=O)Nc2ccc(F)c(Oc3ccc4nccnc4c3)c2)cc1Cl. The standard InChI is InChI=1S/C22H13ClFN5O2/c23-17-9-14(2-1-13(17)12-25)28-22(30)29-15-3-5-18(24)21(10-15)31-16-4-6-19-20(11-16)27-8-7-26-19/h1-11H,(H2,28,29,30). The number of rotatable bonds is 4. The van der Waals surface area contributed by atoms with Gasteiger partial charge >= 0.3 is 6.03 Å². The Hall–Kier alpha value is -4.22. The smallest absolute Gasteiger partial charge is 0.323 e. The van der Waals surface area contributed by atoms with E-state index in [1.165, 1.54) is 30.3 Å². The van der Waals surface area contributed by atoms with Gasteiger partial charge in [-0.15, -0.1) is 0 Å². The highest BCUT2D eigenvalue weighted by molar-refractivity contribution is 6.32. The average molecular weight is 434 g/mol. The Bertz CT molecular complexity index is 1340. The fourth-order valence-corrected chi connectivity index (χ4v) is 2.99. The molecule has 1 aromatic heterocycles. The van der Waals surface area contributed by atoms with Crippen LogP contribution >= 0.6 is 11.6 Å². The lowest BCUT2D eigenvalue weighted by atomic mass is 10.2. The van der Waals surface area contributed by atoms with Crippen molar-refractivity contribution in [1.29, 1.82) is 5.26 Å². The number of hydrogen-bond donors (Lipinski definition) is 2. The van der Waals surface area contributed by atoms with E-state index in [1.54, 1.807) is 36.7 Å². The van der Waals surface area contributed by atoms with E-state index >= 15 is 0 Å². The van der Waals surface area contributed by atoms with Crippen LogP contribution in [0.5, 0.6) is 11.5 Å². The molecule has 0 aliphatic heterocycles. The van der Waals surface area contributed by atoms with E-state index in [1.807, 2.05) is 6.07 Å². The molecule has 0 saturated carbocycles. The van der Waals surface area contributed by atoms with Crippen LogP contribution in [0.2, 0.25) is 5.02 Å². The van der Waals surface area contributed by atoms with Crippen molar-refractivity contribution < 1.29 is 13.9 Å². The number of nitrogens with zero attached hydrogens (tertiary/aromatic N) is 3. The normalized spacial score (nSPS) is 10.4. The molecule has 152 valence electrons. The number of carbonyl (C=O) groups is 1. The summed E-state index contributed by atoms with van der Waals surface area (Å²) in [6, 6.07) is 14.8. The summed E-state index contributed by atoms with van der Waals surface area (Å²) in [6.07, 6.45) is 3.13. The molecule has 2 N–H and O–H groups in total. The van der Waals surface area contributed by atoms with E-state index in [0.717, 1.165) is 0 Å². The van der Waals surface area contributed by atoms with Gasteiger partial charge in [-0.05, 0) is 42.5 Å². The van der Waals surface area contributed by atoms with E-state index in [-0.39, 0.29) is 10.8 Å². The van der Waals surface area contributed by atoms with Crippen molar-refractivity contribution in [3.8, 4) is 17.6 Å². The minimum Gasteiger partial charge on any atom is -0.454 e. The van der Waals surface area contributed by atoms with Crippen molar-refractivity contribution in [3.63, 3.8) is 0 Å². The summed E-state index contributed by atoms with van der Waals surface area (Å²) >= 11 is 5.96. The second-order valence-corrected chi connectivity index (χ2v) is 6.75. The fourth-order valence-electron chi connectivity index (χ4n) is 2.77. The number of urea groups is 1. The Morgan fingerprint density at radius 3 is 2.42 bits per heavy atom. The average Bonchev–Trinajstić information content (AvgIpc) is 2.76. The molecule has 9 heteroatoms. The maximum Gasteiger partial charge on any atom is 0.323 e. The largest absolute Gasteiger partial charge is 0.454 e. The number of carbonyl (C=O) groups excluding carboxylic acids is 1. The summed E-state index contributed by atoms with van der Waals surface area (Å²) in [5, 5.41) is 14.3. The number of anilines is 2. The van der Waals surface area contributed by atoms with Crippen molar-refractivity contribution >= 4 is 40.0 Å². The van der Waals surface area contributed by atoms with E-state index < -0.39 is 11.8 Å². The summed E-state index contributed by atoms with van der Waals surface area (Å²) in [4.78, 5) is 20.6. The van der Waals surface area contributed by atoms with Gasteiger partial charge in [0.2, 0.25) is 0 Å². The first-order valence-corrected chi connectivity index (χ1v) is 9.35. The van der Waals surface area contributed by atoms with Crippen LogP contribution in [0.15, 0.2) is 67.0 Å². The number of halogens is 2. The number of amides is 2. The zero-order valence-corrected chi connectivity index (χ0v) is 16.5. The van der Waals surface area contributed by atoms with Gasteiger partial charge in [-0.1, -0.05) is 11.6 Å². The molecule has 0 aliphatic carbocycles. The van der Waals surface area contributed by atoms with Crippen LogP contribution in [-0.2, 0) is 0 Å². The van der Waals surface area contributed by atoms with Gasteiger partial charge < -0.3 is 15.4 Å². The van der Waals surface area contributed by atoms with Crippen molar-refractivity contribution in [2.24, 2.45) is 0 Å². The Labute approximate surface area is 181 Å². The number of benzene rings is 3. The van der Waals surface area contributed by atoms with E-state index in [2.05, 4.69) is 20.6 Å². The van der Waals surface area contributed by atoms with Gasteiger partial charge in [-0.2, -0.15) is 5.26 Å². The quantitative estimate of drug-likeness (QED) is 0.428. The molecule has 2 amide bonds. The molecule has 31 heavy (non-hydrogen) atoms. The number of aromatic nitrogens is 2. The maximum atomic E-state index is 14.2. The van der Waals surface area contributed by atoms with E-state index in [9.17, 15) is 9.18 Å². The monoisotopic (exact) mass is 433 g/mol. The lowest BCUT2D eigenvalue weighted by Crippen LogP contribution is -2.19. The lowest BCUT2D eigenvalue weighted by molar-refractivity contribution is 0.262. The van der Waals surface area contributed by atoms with Crippen LogP contribution in [-0.4, -0.2) is 16.0 Å². The summed E-state index contributed by atoms with van der Waals surface area (Å²) in [5.41, 5.74) is 2.31. The van der Waals surface area contributed by atoms with Crippen LogP contribution < -0.4 is 15.4 Å². The molecule has 0 radical (unpaired) electrons. The molecule has 4 rings (SSSR count). The highest BCUT2D eigenvalue weighted by Crippen LogP contribution is 2.29. The van der Waals surface area contributed by atoms with Crippen LogP contribution in [0.3, 0.4) is 0 Å². The number of nitriles is 1. The van der Waals surface area contributed by atoms with E-state index in [0.29, 0.717) is 33.7 Å². The van der Waals surface area contributed by atoms with Crippen molar-refractivity contribution in [1.82, 2.24) is 9.97 Å². The molecule has 3 aromatic carbocycles. The molecule has 0 saturated heterocycles. The molecule has 0 bridgehead atoms. The summed E-state index contributed by atoms with van der Waals surface area (Å²) in [7, 11) is 0. The van der Waals surface area contributed by atoms with Crippen LogP contribution in [0.4, 0.5) is 20.6 Å².